The zero-order valence-electron chi connectivity index (χ0n) is 23.6. The van der Waals surface area contributed by atoms with Gasteiger partial charge in [0.2, 0.25) is 17.7 Å². The summed E-state index contributed by atoms with van der Waals surface area (Å²) in [4.78, 5) is 65.0. The number of carbonyl (C=O) groups is 4. The highest BCUT2D eigenvalue weighted by molar-refractivity contribution is 5.94. The van der Waals surface area contributed by atoms with E-state index in [1.165, 1.54) is 19.4 Å². The number of aromatic amines is 2. The Bertz CT molecular complexity index is 1420. The van der Waals surface area contributed by atoms with Gasteiger partial charge in [-0.05, 0) is 31.4 Å². The van der Waals surface area contributed by atoms with E-state index < -0.39 is 54.0 Å². The molecule has 5 unspecified atom stereocenters. The predicted octanol–water partition coefficient (Wildman–Crippen LogP) is -2.02. The number of amides is 3. The number of nitrogens with two attached hydrogens (primary N) is 3. The molecule has 0 fully saturated rings. The molecular formula is C27H38N10O6. The van der Waals surface area contributed by atoms with Gasteiger partial charge in [0.15, 0.2) is 5.96 Å². The van der Waals surface area contributed by atoms with Gasteiger partial charge in [0.25, 0.3) is 0 Å². The second-order valence-electron chi connectivity index (χ2n) is 10.1. The number of nitrogens with zero attached hydrogens (tertiary/aromatic N) is 2. The molecule has 43 heavy (non-hydrogen) atoms. The fraction of sp³-hybridized carbons (Fsp3) is 0.407. The van der Waals surface area contributed by atoms with Crippen LogP contribution in [0.1, 0.15) is 31.0 Å². The number of fused-ring (bicyclic) bond motifs is 1. The highest BCUT2D eigenvalue weighted by Crippen LogP contribution is 2.19. The van der Waals surface area contributed by atoms with Crippen molar-refractivity contribution < 1.29 is 29.4 Å². The van der Waals surface area contributed by atoms with Crippen molar-refractivity contribution in [3.63, 3.8) is 0 Å². The van der Waals surface area contributed by atoms with Crippen molar-refractivity contribution in [1.29, 1.82) is 0 Å². The number of guanidine groups is 1. The Balaban J connectivity index is 1.70. The van der Waals surface area contributed by atoms with Crippen LogP contribution in [0.25, 0.3) is 10.9 Å². The van der Waals surface area contributed by atoms with E-state index in [4.69, 9.17) is 17.2 Å². The summed E-state index contributed by atoms with van der Waals surface area (Å²) in [6.07, 6.45) is 3.66. The molecule has 0 saturated carbocycles. The number of aliphatic hydroxyl groups is 1. The van der Waals surface area contributed by atoms with Gasteiger partial charge in [-0.3, -0.25) is 19.4 Å². The van der Waals surface area contributed by atoms with Crippen LogP contribution in [0.5, 0.6) is 0 Å². The summed E-state index contributed by atoms with van der Waals surface area (Å²) in [6.45, 7) is 1.54. The Morgan fingerprint density at radius 2 is 1.72 bits per heavy atom. The third-order valence-corrected chi connectivity index (χ3v) is 6.69. The van der Waals surface area contributed by atoms with Crippen molar-refractivity contribution >= 4 is 40.6 Å². The summed E-state index contributed by atoms with van der Waals surface area (Å²) in [5.41, 5.74) is 18.6. The number of rotatable bonds is 16. The molecule has 0 spiro atoms. The fourth-order valence-electron chi connectivity index (χ4n) is 4.40. The number of hydrogen-bond donors (Lipinski definition) is 10. The number of carbonyl (C=O) groups excluding carboxylic acids is 3. The molecule has 0 radical (unpaired) electrons. The fourth-order valence-corrected chi connectivity index (χ4v) is 4.40. The third-order valence-electron chi connectivity index (χ3n) is 6.69. The van der Waals surface area contributed by atoms with Gasteiger partial charge >= 0.3 is 5.97 Å². The van der Waals surface area contributed by atoms with Gasteiger partial charge < -0.3 is 53.3 Å². The van der Waals surface area contributed by atoms with Crippen LogP contribution in [-0.4, -0.2) is 91.6 Å². The van der Waals surface area contributed by atoms with Gasteiger partial charge in [-0.1, -0.05) is 18.2 Å². The highest BCUT2D eigenvalue weighted by Gasteiger charge is 2.33. The number of carboxylic acids is 1. The van der Waals surface area contributed by atoms with E-state index in [1.54, 1.807) is 6.20 Å². The Kier molecular flexibility index (Phi) is 11.6. The largest absolute Gasteiger partial charge is 0.480 e. The first-order valence-electron chi connectivity index (χ1n) is 13.6. The van der Waals surface area contributed by atoms with Crippen LogP contribution >= 0.6 is 0 Å². The zero-order chi connectivity index (χ0) is 31.5. The van der Waals surface area contributed by atoms with E-state index in [0.29, 0.717) is 17.7 Å². The summed E-state index contributed by atoms with van der Waals surface area (Å²) in [6, 6.07) is 2.21. The van der Waals surface area contributed by atoms with Gasteiger partial charge in [-0.2, -0.15) is 0 Å². The van der Waals surface area contributed by atoms with Crippen LogP contribution in [-0.2, 0) is 32.0 Å². The molecule has 2 aromatic heterocycles. The minimum atomic E-state index is -1.54. The summed E-state index contributed by atoms with van der Waals surface area (Å²) >= 11 is 0. The van der Waals surface area contributed by atoms with Crippen LogP contribution < -0.4 is 33.2 Å². The Labute approximate surface area is 246 Å². The number of imidazole rings is 1. The first-order chi connectivity index (χ1) is 20.5. The molecule has 2 heterocycles. The molecule has 0 bridgehead atoms. The molecule has 5 atom stereocenters. The van der Waals surface area contributed by atoms with E-state index in [-0.39, 0.29) is 31.8 Å². The average Bonchev–Trinajstić information content (AvgIpc) is 3.62. The number of aliphatic carboxylic acids is 1. The average molecular weight is 599 g/mol. The number of hydrogen-bond acceptors (Lipinski definition) is 8. The van der Waals surface area contributed by atoms with Crippen molar-refractivity contribution in [1.82, 2.24) is 30.9 Å². The molecule has 16 nitrogen and oxygen atoms in total. The first kappa shape index (κ1) is 32.6. The standard InChI is InChI=1S/C27H38N10O6/c1-14(38)22(25(41)36-21(26(42)43)9-15-11-33-19-7-3-2-5-17(15)19)37-24(40)20(10-16-12-31-13-34-16)35-23(39)18(28)6-4-8-32-27(29)30/h2-3,5,7,11-14,18,20-22,33,38H,4,6,8-10,28H2,1H3,(H,31,34)(H,35,39)(H,36,41)(H,37,40)(H,42,43)(H4,29,30,32). The number of aliphatic hydroxyl groups excluding tert-OH is 1. The van der Waals surface area contributed by atoms with Crippen molar-refractivity contribution in [2.45, 2.75) is 62.9 Å². The Hall–Kier alpha value is -4.96. The molecule has 3 rings (SSSR count). The van der Waals surface area contributed by atoms with Crippen LogP contribution in [0.3, 0.4) is 0 Å². The molecule has 3 amide bonds. The van der Waals surface area contributed by atoms with Gasteiger partial charge in [0.05, 0.1) is 18.5 Å². The number of carboxylic acid groups (broad SMARTS) is 1. The molecule has 0 aliphatic heterocycles. The van der Waals surface area contributed by atoms with Gasteiger partial charge in [0.1, 0.15) is 18.1 Å². The molecule has 16 heteroatoms. The van der Waals surface area contributed by atoms with E-state index in [9.17, 15) is 29.4 Å². The molecule has 0 aliphatic rings. The Morgan fingerprint density at radius 1 is 1.00 bits per heavy atom. The molecular weight excluding hydrogens is 560 g/mol. The number of benzene rings is 1. The van der Waals surface area contributed by atoms with Gasteiger partial charge in [0, 0.05) is 48.4 Å². The Morgan fingerprint density at radius 3 is 2.37 bits per heavy atom. The predicted molar refractivity (Wildman–Crippen MR) is 157 cm³/mol. The minimum Gasteiger partial charge on any atom is -0.480 e. The second kappa shape index (κ2) is 15.3. The van der Waals surface area contributed by atoms with Crippen LogP contribution in [0.15, 0.2) is 48.0 Å². The van der Waals surface area contributed by atoms with Crippen molar-refractivity contribution in [3.8, 4) is 0 Å². The van der Waals surface area contributed by atoms with E-state index in [0.717, 1.165) is 10.9 Å². The van der Waals surface area contributed by atoms with Crippen LogP contribution in [0.2, 0.25) is 0 Å². The minimum absolute atomic E-state index is 0.0369. The lowest BCUT2D eigenvalue weighted by molar-refractivity contribution is -0.143. The number of para-hydroxylation sites is 1. The van der Waals surface area contributed by atoms with E-state index in [1.807, 2.05) is 24.3 Å². The summed E-state index contributed by atoms with van der Waals surface area (Å²) < 4.78 is 0. The third kappa shape index (κ3) is 9.54. The monoisotopic (exact) mass is 598 g/mol. The maximum Gasteiger partial charge on any atom is 0.326 e. The maximum atomic E-state index is 13.3. The lowest BCUT2D eigenvalue weighted by atomic mass is 10.0. The SMILES string of the molecule is CC(O)C(NC(=O)C(Cc1cnc[nH]1)NC(=O)C(N)CCCN=C(N)N)C(=O)NC(Cc1c[nH]c2ccccc12)C(=O)O. The molecule has 0 aliphatic carbocycles. The van der Waals surface area contributed by atoms with Crippen molar-refractivity contribution in [2.24, 2.45) is 22.2 Å². The molecule has 1 aromatic carbocycles. The molecule has 13 N–H and O–H groups in total. The lowest BCUT2D eigenvalue weighted by Gasteiger charge is -2.26. The first-order valence-corrected chi connectivity index (χ1v) is 13.6. The highest BCUT2D eigenvalue weighted by atomic mass is 16.4. The van der Waals surface area contributed by atoms with Crippen molar-refractivity contribution in [2.75, 3.05) is 6.54 Å². The normalized spacial score (nSPS) is 14.6. The molecule has 232 valence electrons. The van der Waals surface area contributed by atoms with E-state index in [2.05, 4.69) is 35.9 Å². The van der Waals surface area contributed by atoms with Gasteiger partial charge in [-0.25, -0.2) is 9.78 Å². The van der Waals surface area contributed by atoms with Crippen molar-refractivity contribution in [3.05, 3.63) is 54.2 Å². The second-order valence-corrected chi connectivity index (χ2v) is 10.1. The van der Waals surface area contributed by atoms with Crippen LogP contribution in [0, 0.1) is 0 Å². The smallest absolute Gasteiger partial charge is 0.326 e. The maximum absolute atomic E-state index is 13.3. The summed E-state index contributed by atoms with van der Waals surface area (Å²) in [5, 5.41) is 28.4. The molecule has 0 saturated heterocycles. The number of aromatic nitrogens is 3. The number of aliphatic imine (C=N–C) groups is 1. The topological polar surface area (TPSA) is 280 Å². The lowest BCUT2D eigenvalue weighted by Crippen LogP contribution is -2.60. The van der Waals surface area contributed by atoms with Crippen LogP contribution in [0.4, 0.5) is 0 Å². The van der Waals surface area contributed by atoms with Gasteiger partial charge in [-0.15, -0.1) is 0 Å². The summed E-state index contributed by atoms with van der Waals surface area (Å²) in [5.74, 6) is -3.74. The zero-order valence-corrected chi connectivity index (χ0v) is 23.6. The van der Waals surface area contributed by atoms with E-state index >= 15 is 0 Å². The number of nitrogens with one attached hydrogen (secondary N) is 5. The quantitative estimate of drug-likeness (QED) is 0.0490. The summed E-state index contributed by atoms with van der Waals surface area (Å²) in [7, 11) is 0. The number of H-pyrrole nitrogens is 2. The molecule has 3 aromatic rings.